The molecule has 0 aliphatic heterocycles. The first-order valence-electron chi connectivity index (χ1n) is 6.13. The van der Waals surface area contributed by atoms with E-state index in [9.17, 15) is 0 Å². The van der Waals surface area contributed by atoms with Crippen LogP contribution in [-0.2, 0) is 0 Å². The average Bonchev–Trinajstić information content (AvgIpc) is 2.88. The molecule has 1 aromatic carbocycles. The SMILES string of the molecule is CCCCSc1n[nH]c(-c2cc(Cl)ccc2OC)n1. The van der Waals surface area contributed by atoms with Crippen molar-refractivity contribution in [2.45, 2.75) is 24.9 Å². The quantitative estimate of drug-likeness (QED) is 0.646. The maximum atomic E-state index is 6.01. The molecule has 19 heavy (non-hydrogen) atoms. The highest BCUT2D eigenvalue weighted by Crippen LogP contribution is 2.31. The summed E-state index contributed by atoms with van der Waals surface area (Å²) in [6, 6.07) is 5.43. The minimum Gasteiger partial charge on any atom is -0.496 e. The Kier molecular flexibility index (Phi) is 5.10. The van der Waals surface area contributed by atoms with Crippen molar-refractivity contribution in [3.05, 3.63) is 23.2 Å². The van der Waals surface area contributed by atoms with Crippen LogP contribution in [0.4, 0.5) is 0 Å². The number of ether oxygens (including phenoxy) is 1. The van der Waals surface area contributed by atoms with Crippen LogP contribution in [0.1, 0.15) is 19.8 Å². The summed E-state index contributed by atoms with van der Waals surface area (Å²) in [5.41, 5.74) is 0.824. The molecule has 0 saturated heterocycles. The summed E-state index contributed by atoms with van der Waals surface area (Å²) in [5.74, 6) is 2.43. The van der Waals surface area contributed by atoms with Crippen LogP contribution in [0.3, 0.4) is 0 Å². The van der Waals surface area contributed by atoms with E-state index in [2.05, 4.69) is 22.1 Å². The molecule has 0 aliphatic rings. The predicted octanol–water partition coefficient (Wildman–Crippen LogP) is 4.03. The topological polar surface area (TPSA) is 50.8 Å². The standard InChI is InChI=1S/C13H16ClN3OS/c1-3-4-7-19-13-15-12(16-17-13)10-8-9(14)5-6-11(10)18-2/h5-6,8H,3-4,7H2,1-2H3,(H,15,16,17). The van der Waals surface area contributed by atoms with Gasteiger partial charge in [-0.15, -0.1) is 5.10 Å². The van der Waals surface area contributed by atoms with Gasteiger partial charge in [0.2, 0.25) is 5.16 Å². The maximum absolute atomic E-state index is 6.01. The van der Waals surface area contributed by atoms with Gasteiger partial charge in [0, 0.05) is 10.8 Å². The Hall–Kier alpha value is -1.20. The van der Waals surface area contributed by atoms with Gasteiger partial charge in [-0.2, -0.15) is 0 Å². The third-order valence-electron chi connectivity index (χ3n) is 2.61. The van der Waals surface area contributed by atoms with E-state index in [1.54, 1.807) is 24.9 Å². The van der Waals surface area contributed by atoms with Gasteiger partial charge in [0.25, 0.3) is 0 Å². The van der Waals surface area contributed by atoms with Gasteiger partial charge in [-0.25, -0.2) is 4.98 Å². The van der Waals surface area contributed by atoms with Crippen LogP contribution in [0, 0.1) is 0 Å². The third-order valence-corrected chi connectivity index (χ3v) is 3.78. The van der Waals surface area contributed by atoms with E-state index >= 15 is 0 Å². The van der Waals surface area contributed by atoms with Gasteiger partial charge in [0.1, 0.15) is 5.75 Å². The minimum atomic E-state index is 0.646. The molecule has 1 N–H and O–H groups in total. The van der Waals surface area contributed by atoms with Crippen LogP contribution in [-0.4, -0.2) is 28.0 Å². The van der Waals surface area contributed by atoms with Gasteiger partial charge in [-0.3, -0.25) is 5.10 Å². The first-order chi connectivity index (χ1) is 9.24. The minimum absolute atomic E-state index is 0.646. The van der Waals surface area contributed by atoms with Crippen molar-refractivity contribution in [2.75, 3.05) is 12.9 Å². The highest BCUT2D eigenvalue weighted by molar-refractivity contribution is 7.99. The highest BCUT2D eigenvalue weighted by Gasteiger charge is 2.11. The van der Waals surface area contributed by atoms with E-state index in [4.69, 9.17) is 16.3 Å². The average molecular weight is 298 g/mol. The van der Waals surface area contributed by atoms with Crippen molar-refractivity contribution in [3.63, 3.8) is 0 Å². The molecule has 0 unspecified atom stereocenters. The molecule has 2 aromatic rings. The Bertz CT molecular complexity index is 544. The molecule has 0 saturated carbocycles. The number of rotatable bonds is 6. The van der Waals surface area contributed by atoms with Crippen molar-refractivity contribution < 1.29 is 4.74 Å². The summed E-state index contributed by atoms with van der Waals surface area (Å²) in [4.78, 5) is 4.46. The molecule has 102 valence electrons. The molecule has 0 radical (unpaired) electrons. The van der Waals surface area contributed by atoms with E-state index < -0.39 is 0 Å². The van der Waals surface area contributed by atoms with Gasteiger partial charge in [-0.05, 0) is 24.6 Å². The van der Waals surface area contributed by atoms with Crippen molar-refractivity contribution in [2.24, 2.45) is 0 Å². The first-order valence-corrected chi connectivity index (χ1v) is 7.50. The van der Waals surface area contributed by atoms with Crippen LogP contribution < -0.4 is 4.74 Å². The number of hydrogen-bond donors (Lipinski definition) is 1. The largest absolute Gasteiger partial charge is 0.496 e. The molecule has 0 fully saturated rings. The Morgan fingerprint density at radius 1 is 1.42 bits per heavy atom. The number of aromatic amines is 1. The van der Waals surface area contributed by atoms with E-state index in [1.807, 2.05) is 12.1 Å². The summed E-state index contributed by atoms with van der Waals surface area (Å²) in [6.07, 6.45) is 2.33. The van der Waals surface area contributed by atoms with E-state index in [0.29, 0.717) is 10.8 Å². The smallest absolute Gasteiger partial charge is 0.208 e. The number of unbranched alkanes of at least 4 members (excludes halogenated alkanes) is 1. The van der Waals surface area contributed by atoms with E-state index in [1.165, 1.54) is 6.42 Å². The molecular weight excluding hydrogens is 282 g/mol. The zero-order valence-electron chi connectivity index (χ0n) is 10.9. The number of nitrogens with zero attached hydrogens (tertiary/aromatic N) is 2. The lowest BCUT2D eigenvalue weighted by Crippen LogP contribution is -1.89. The van der Waals surface area contributed by atoms with Gasteiger partial charge < -0.3 is 4.74 Å². The summed E-state index contributed by atoms with van der Waals surface area (Å²) < 4.78 is 5.31. The van der Waals surface area contributed by atoms with Crippen LogP contribution >= 0.6 is 23.4 Å². The monoisotopic (exact) mass is 297 g/mol. The summed E-state index contributed by atoms with van der Waals surface area (Å²) >= 11 is 7.66. The number of halogens is 1. The van der Waals surface area contributed by atoms with Crippen LogP contribution in [0.2, 0.25) is 5.02 Å². The van der Waals surface area contributed by atoms with Crippen LogP contribution in [0.15, 0.2) is 23.4 Å². The fraction of sp³-hybridized carbons (Fsp3) is 0.385. The normalized spacial score (nSPS) is 10.7. The molecule has 0 spiro atoms. The van der Waals surface area contributed by atoms with Crippen molar-refractivity contribution in [1.29, 1.82) is 0 Å². The zero-order valence-corrected chi connectivity index (χ0v) is 12.5. The molecule has 4 nitrogen and oxygen atoms in total. The second-order valence-electron chi connectivity index (χ2n) is 4.01. The molecule has 0 bridgehead atoms. The number of methoxy groups -OCH3 is 1. The van der Waals surface area contributed by atoms with Crippen LogP contribution in [0.5, 0.6) is 5.75 Å². The van der Waals surface area contributed by atoms with E-state index in [0.717, 1.165) is 28.6 Å². The maximum Gasteiger partial charge on any atom is 0.208 e. The number of benzene rings is 1. The van der Waals surface area contributed by atoms with Crippen molar-refractivity contribution in [1.82, 2.24) is 15.2 Å². The second kappa shape index (κ2) is 6.82. The molecule has 2 rings (SSSR count). The Balaban J connectivity index is 2.20. The zero-order chi connectivity index (χ0) is 13.7. The van der Waals surface area contributed by atoms with Gasteiger partial charge in [-0.1, -0.05) is 36.7 Å². The van der Waals surface area contributed by atoms with Crippen molar-refractivity contribution >= 4 is 23.4 Å². The second-order valence-corrected chi connectivity index (χ2v) is 5.51. The summed E-state index contributed by atoms with van der Waals surface area (Å²) in [5, 5.41) is 8.53. The summed E-state index contributed by atoms with van der Waals surface area (Å²) in [7, 11) is 1.63. The third kappa shape index (κ3) is 3.64. The molecular formula is C13H16ClN3OS. The molecule has 0 amide bonds. The first kappa shape index (κ1) is 14.2. The Morgan fingerprint density at radius 3 is 3.00 bits per heavy atom. The lowest BCUT2D eigenvalue weighted by molar-refractivity contribution is 0.416. The number of thioether (sulfide) groups is 1. The number of hydrogen-bond acceptors (Lipinski definition) is 4. The molecule has 6 heteroatoms. The molecule has 1 aromatic heterocycles. The van der Waals surface area contributed by atoms with Gasteiger partial charge in [0.05, 0.1) is 12.7 Å². The predicted molar refractivity (Wildman–Crippen MR) is 79.0 cm³/mol. The number of nitrogens with one attached hydrogen (secondary N) is 1. The number of H-pyrrole nitrogens is 1. The van der Waals surface area contributed by atoms with Gasteiger partial charge >= 0.3 is 0 Å². The lowest BCUT2D eigenvalue weighted by Gasteiger charge is -2.05. The highest BCUT2D eigenvalue weighted by atomic mass is 35.5. The van der Waals surface area contributed by atoms with E-state index in [-0.39, 0.29) is 0 Å². The lowest BCUT2D eigenvalue weighted by atomic mass is 10.2. The molecule has 0 atom stereocenters. The van der Waals surface area contributed by atoms with Gasteiger partial charge in [0.15, 0.2) is 5.82 Å². The number of aromatic nitrogens is 3. The molecule has 1 heterocycles. The summed E-state index contributed by atoms with van der Waals surface area (Å²) in [6.45, 7) is 2.17. The fourth-order valence-corrected chi connectivity index (χ4v) is 2.66. The fourth-order valence-electron chi connectivity index (χ4n) is 1.60. The molecule has 0 aliphatic carbocycles. The van der Waals surface area contributed by atoms with Crippen molar-refractivity contribution in [3.8, 4) is 17.1 Å². The Labute approximate surface area is 121 Å². The Morgan fingerprint density at radius 2 is 2.26 bits per heavy atom. The van der Waals surface area contributed by atoms with Crippen LogP contribution in [0.25, 0.3) is 11.4 Å².